The van der Waals surface area contributed by atoms with E-state index in [1.165, 1.54) is 12.8 Å². The predicted molar refractivity (Wildman–Crippen MR) is 72.2 cm³/mol. The van der Waals surface area contributed by atoms with Gasteiger partial charge in [0.05, 0.1) is 11.4 Å². The Kier molecular flexibility index (Phi) is 3.31. The Morgan fingerprint density at radius 2 is 2.18 bits per heavy atom. The molecule has 1 unspecified atom stereocenters. The number of rotatable bonds is 5. The highest BCUT2D eigenvalue weighted by Crippen LogP contribution is 2.38. The molecule has 1 fully saturated rings. The van der Waals surface area contributed by atoms with Crippen molar-refractivity contribution in [1.82, 2.24) is 9.78 Å². The fourth-order valence-electron chi connectivity index (χ4n) is 2.51. The van der Waals surface area contributed by atoms with E-state index >= 15 is 0 Å². The summed E-state index contributed by atoms with van der Waals surface area (Å²) < 4.78 is 1.93. The van der Waals surface area contributed by atoms with Crippen LogP contribution in [0.3, 0.4) is 0 Å². The zero-order valence-electron chi connectivity index (χ0n) is 11.4. The van der Waals surface area contributed by atoms with Crippen molar-refractivity contribution >= 4 is 11.5 Å². The molecule has 1 atom stereocenters. The Labute approximate surface area is 104 Å². The van der Waals surface area contributed by atoms with Gasteiger partial charge in [-0.1, -0.05) is 13.3 Å². The van der Waals surface area contributed by atoms with E-state index in [4.69, 9.17) is 5.73 Å². The first-order chi connectivity index (χ1) is 8.06. The average Bonchev–Trinajstić information content (AvgIpc) is 3.07. The van der Waals surface area contributed by atoms with Gasteiger partial charge >= 0.3 is 0 Å². The summed E-state index contributed by atoms with van der Waals surface area (Å²) in [5.74, 6) is 1.91. The molecule has 0 aliphatic heterocycles. The third kappa shape index (κ3) is 2.26. The quantitative estimate of drug-likeness (QED) is 0.852. The van der Waals surface area contributed by atoms with Gasteiger partial charge in [-0.05, 0) is 32.1 Å². The summed E-state index contributed by atoms with van der Waals surface area (Å²) in [5, 5.41) is 4.53. The molecule has 2 rings (SSSR count). The third-order valence-electron chi connectivity index (χ3n) is 3.87. The number of nitrogen functional groups attached to an aromatic ring is 1. The molecule has 0 saturated heterocycles. The van der Waals surface area contributed by atoms with Crippen LogP contribution in [0, 0.1) is 5.92 Å². The molecule has 1 aromatic rings. The van der Waals surface area contributed by atoms with Crippen LogP contribution in [-0.2, 0) is 13.5 Å². The van der Waals surface area contributed by atoms with Crippen molar-refractivity contribution in [1.29, 1.82) is 0 Å². The van der Waals surface area contributed by atoms with Gasteiger partial charge in [0.1, 0.15) is 5.82 Å². The largest absolute Gasteiger partial charge is 0.394 e. The lowest BCUT2D eigenvalue weighted by Gasteiger charge is -2.27. The minimum Gasteiger partial charge on any atom is -0.394 e. The van der Waals surface area contributed by atoms with Crippen molar-refractivity contribution in [2.75, 3.05) is 17.7 Å². The van der Waals surface area contributed by atoms with Crippen molar-refractivity contribution in [3.63, 3.8) is 0 Å². The summed E-state index contributed by atoms with van der Waals surface area (Å²) in [5.41, 5.74) is 8.13. The zero-order valence-corrected chi connectivity index (χ0v) is 11.4. The standard InChI is InChI=1S/C13H24N4/c1-5-6-11-12(14)13(17(4)15-11)16(3)9(2)10-7-8-10/h9-10H,5-8,14H2,1-4H3. The van der Waals surface area contributed by atoms with E-state index in [0.29, 0.717) is 6.04 Å². The van der Waals surface area contributed by atoms with Crippen molar-refractivity contribution in [2.45, 2.75) is 45.6 Å². The maximum absolute atomic E-state index is 6.22. The van der Waals surface area contributed by atoms with Crippen LogP contribution in [0.15, 0.2) is 0 Å². The predicted octanol–water partition coefficient (Wildman–Crippen LogP) is 2.19. The van der Waals surface area contributed by atoms with Gasteiger partial charge in [-0.3, -0.25) is 4.68 Å². The Hall–Kier alpha value is -1.19. The molecule has 2 N–H and O–H groups in total. The molecule has 4 nitrogen and oxygen atoms in total. The lowest BCUT2D eigenvalue weighted by atomic mass is 10.1. The van der Waals surface area contributed by atoms with E-state index in [0.717, 1.165) is 36.0 Å². The number of nitrogens with two attached hydrogens (primary N) is 1. The molecule has 0 bridgehead atoms. The van der Waals surface area contributed by atoms with E-state index in [1.54, 1.807) is 0 Å². The van der Waals surface area contributed by atoms with Crippen LogP contribution in [0.25, 0.3) is 0 Å². The first-order valence-corrected chi connectivity index (χ1v) is 6.60. The second-order valence-electron chi connectivity index (χ2n) is 5.25. The Morgan fingerprint density at radius 3 is 2.71 bits per heavy atom. The minimum atomic E-state index is 0.558. The molecule has 0 aromatic carbocycles. The summed E-state index contributed by atoms with van der Waals surface area (Å²) in [4.78, 5) is 2.29. The van der Waals surface area contributed by atoms with Gasteiger partial charge in [0.25, 0.3) is 0 Å². The van der Waals surface area contributed by atoms with Gasteiger partial charge in [0.15, 0.2) is 0 Å². The first kappa shape index (κ1) is 12.3. The topological polar surface area (TPSA) is 47.1 Å². The molecule has 0 spiro atoms. The Balaban J connectivity index is 2.24. The van der Waals surface area contributed by atoms with E-state index in [1.807, 2.05) is 11.7 Å². The van der Waals surface area contributed by atoms with Gasteiger partial charge in [0.2, 0.25) is 0 Å². The monoisotopic (exact) mass is 236 g/mol. The van der Waals surface area contributed by atoms with E-state index in [-0.39, 0.29) is 0 Å². The lowest BCUT2D eigenvalue weighted by molar-refractivity contribution is 0.587. The summed E-state index contributed by atoms with van der Waals surface area (Å²) in [7, 11) is 4.12. The van der Waals surface area contributed by atoms with Gasteiger partial charge in [0, 0.05) is 20.1 Å². The third-order valence-corrected chi connectivity index (χ3v) is 3.87. The van der Waals surface area contributed by atoms with Crippen LogP contribution in [-0.4, -0.2) is 22.9 Å². The molecule has 1 aliphatic rings. The van der Waals surface area contributed by atoms with Crippen molar-refractivity contribution in [3.8, 4) is 0 Å². The highest BCUT2D eigenvalue weighted by Gasteiger charge is 2.32. The van der Waals surface area contributed by atoms with Crippen LogP contribution in [0.5, 0.6) is 0 Å². The van der Waals surface area contributed by atoms with Crippen LogP contribution in [0.1, 0.15) is 38.8 Å². The van der Waals surface area contributed by atoms with Crippen LogP contribution < -0.4 is 10.6 Å². The molecule has 1 aliphatic carbocycles. The molecule has 1 aromatic heterocycles. The highest BCUT2D eigenvalue weighted by molar-refractivity contribution is 5.66. The number of aromatic nitrogens is 2. The molecule has 1 saturated carbocycles. The Bertz CT molecular complexity index is 392. The maximum atomic E-state index is 6.22. The van der Waals surface area contributed by atoms with Crippen molar-refractivity contribution in [3.05, 3.63) is 5.69 Å². The summed E-state index contributed by atoms with van der Waals surface area (Å²) in [6.07, 6.45) is 4.75. The normalized spacial score (nSPS) is 17.2. The number of hydrogen-bond acceptors (Lipinski definition) is 3. The van der Waals surface area contributed by atoms with Crippen molar-refractivity contribution < 1.29 is 0 Å². The van der Waals surface area contributed by atoms with E-state index < -0.39 is 0 Å². The van der Waals surface area contributed by atoms with Gasteiger partial charge in [-0.25, -0.2) is 0 Å². The summed E-state index contributed by atoms with van der Waals surface area (Å²) >= 11 is 0. The van der Waals surface area contributed by atoms with Crippen LogP contribution >= 0.6 is 0 Å². The van der Waals surface area contributed by atoms with E-state index in [9.17, 15) is 0 Å². The van der Waals surface area contributed by atoms with Gasteiger partial charge in [-0.2, -0.15) is 5.10 Å². The maximum Gasteiger partial charge on any atom is 0.150 e. The molecule has 0 amide bonds. The SMILES string of the molecule is CCCc1nn(C)c(N(C)C(C)C2CC2)c1N. The summed E-state index contributed by atoms with van der Waals surface area (Å²) in [6, 6.07) is 0.558. The molecule has 17 heavy (non-hydrogen) atoms. The van der Waals surface area contributed by atoms with Gasteiger partial charge in [-0.15, -0.1) is 0 Å². The second-order valence-corrected chi connectivity index (χ2v) is 5.25. The second kappa shape index (κ2) is 4.59. The van der Waals surface area contributed by atoms with Crippen molar-refractivity contribution in [2.24, 2.45) is 13.0 Å². The van der Waals surface area contributed by atoms with Gasteiger partial charge < -0.3 is 10.6 Å². The van der Waals surface area contributed by atoms with Crippen LogP contribution in [0.4, 0.5) is 11.5 Å². The number of nitrogens with zero attached hydrogens (tertiary/aromatic N) is 3. The summed E-state index contributed by atoms with van der Waals surface area (Å²) in [6.45, 7) is 4.44. The smallest absolute Gasteiger partial charge is 0.150 e. The lowest BCUT2D eigenvalue weighted by Crippen LogP contribution is -2.32. The fourth-order valence-corrected chi connectivity index (χ4v) is 2.51. The van der Waals surface area contributed by atoms with Crippen LogP contribution in [0.2, 0.25) is 0 Å². The Morgan fingerprint density at radius 1 is 1.53 bits per heavy atom. The molecule has 1 heterocycles. The van der Waals surface area contributed by atoms with E-state index in [2.05, 4.69) is 30.9 Å². The molecule has 96 valence electrons. The highest BCUT2D eigenvalue weighted by atomic mass is 15.4. The number of anilines is 2. The molecule has 0 radical (unpaired) electrons. The fraction of sp³-hybridized carbons (Fsp3) is 0.769. The molecule has 4 heteroatoms. The minimum absolute atomic E-state index is 0.558. The molecular weight excluding hydrogens is 212 g/mol. The zero-order chi connectivity index (χ0) is 12.6. The molecular formula is C13H24N4. The first-order valence-electron chi connectivity index (χ1n) is 6.60. The number of hydrogen-bond donors (Lipinski definition) is 1. The average molecular weight is 236 g/mol. The number of aryl methyl sites for hydroxylation is 2.